The average molecular weight is 437 g/mol. The van der Waals surface area contributed by atoms with Crippen molar-refractivity contribution in [3.8, 4) is 11.5 Å². The lowest BCUT2D eigenvalue weighted by molar-refractivity contribution is 0.294. The Morgan fingerprint density at radius 1 is 0.938 bits per heavy atom. The van der Waals surface area contributed by atoms with Gasteiger partial charge in [-0.05, 0) is 76.7 Å². The summed E-state index contributed by atoms with van der Waals surface area (Å²) in [5, 5.41) is 0. The lowest BCUT2D eigenvalue weighted by Crippen LogP contribution is -2.22. The van der Waals surface area contributed by atoms with E-state index in [2.05, 4.69) is 29.0 Å². The van der Waals surface area contributed by atoms with E-state index in [0.29, 0.717) is 18.1 Å². The van der Waals surface area contributed by atoms with Crippen LogP contribution in [0.5, 0.6) is 11.5 Å². The minimum atomic E-state index is -0.105. The maximum Gasteiger partial charge on any atom is 0.254 e. The van der Waals surface area contributed by atoms with Crippen molar-refractivity contribution < 1.29 is 9.47 Å². The van der Waals surface area contributed by atoms with E-state index in [-0.39, 0.29) is 12.2 Å². The van der Waals surface area contributed by atoms with Gasteiger partial charge in [0.05, 0.1) is 13.2 Å². The highest BCUT2D eigenvalue weighted by Gasteiger charge is 2.07. The second-order valence-corrected chi connectivity index (χ2v) is 8.07. The molecule has 3 aromatic rings. The Labute approximate surface area is 189 Å². The molecule has 0 aliphatic carbocycles. The van der Waals surface area contributed by atoms with Gasteiger partial charge >= 0.3 is 0 Å². The molecule has 0 saturated carbocycles. The summed E-state index contributed by atoms with van der Waals surface area (Å²) in [5.41, 5.74) is 1.77. The minimum Gasteiger partial charge on any atom is -0.494 e. The molecule has 7 heteroatoms. The summed E-state index contributed by atoms with van der Waals surface area (Å²) in [5.74, 6) is 1.95. The van der Waals surface area contributed by atoms with Crippen molar-refractivity contribution in [1.29, 1.82) is 0 Å². The first kappa shape index (κ1) is 23.5. The molecule has 0 aliphatic heterocycles. The topological polar surface area (TPSA) is 69.5 Å². The standard InChI is InChI=1S/C25H32N4O3/c1-20-16-23(32-19-24-26-12-7-13-27-24)17-25(30)29(20)18-21-8-10-22(11-9-21)31-15-6-4-5-14-28(2)3/h7-13,16-17H,4-6,14-15,18-19H2,1-3H3. The monoisotopic (exact) mass is 436 g/mol. The van der Waals surface area contributed by atoms with Crippen LogP contribution in [0.25, 0.3) is 0 Å². The Morgan fingerprint density at radius 3 is 2.38 bits per heavy atom. The summed E-state index contributed by atoms with van der Waals surface area (Å²) in [6.07, 6.45) is 6.73. The van der Waals surface area contributed by atoms with Crippen molar-refractivity contribution in [2.75, 3.05) is 27.2 Å². The highest BCUT2D eigenvalue weighted by molar-refractivity contribution is 5.29. The zero-order chi connectivity index (χ0) is 22.8. The summed E-state index contributed by atoms with van der Waals surface area (Å²) in [6.45, 7) is 4.46. The van der Waals surface area contributed by atoms with Crippen LogP contribution in [-0.4, -0.2) is 46.7 Å². The lowest BCUT2D eigenvalue weighted by Gasteiger charge is -2.13. The molecule has 2 aromatic heterocycles. The van der Waals surface area contributed by atoms with E-state index < -0.39 is 0 Å². The van der Waals surface area contributed by atoms with Gasteiger partial charge in [0.25, 0.3) is 5.56 Å². The largest absolute Gasteiger partial charge is 0.494 e. The Bertz CT molecular complexity index is 1020. The van der Waals surface area contributed by atoms with Crippen molar-refractivity contribution in [3.05, 3.63) is 82.3 Å². The normalized spacial score (nSPS) is 11.0. The first-order valence-electron chi connectivity index (χ1n) is 11.0. The summed E-state index contributed by atoms with van der Waals surface area (Å²) in [7, 11) is 4.19. The van der Waals surface area contributed by atoms with Gasteiger partial charge in [0.15, 0.2) is 5.82 Å². The number of pyridine rings is 1. The Morgan fingerprint density at radius 2 is 1.69 bits per heavy atom. The molecule has 0 amide bonds. The molecule has 0 saturated heterocycles. The van der Waals surface area contributed by atoms with E-state index in [1.54, 1.807) is 23.0 Å². The predicted octanol–water partition coefficient (Wildman–Crippen LogP) is 3.68. The molecular weight excluding hydrogens is 404 g/mol. The maximum absolute atomic E-state index is 12.6. The highest BCUT2D eigenvalue weighted by Crippen LogP contribution is 2.16. The Balaban J connectivity index is 1.51. The van der Waals surface area contributed by atoms with E-state index in [4.69, 9.17) is 9.47 Å². The van der Waals surface area contributed by atoms with Crippen LogP contribution in [0.4, 0.5) is 0 Å². The molecule has 0 aliphatic rings. The predicted molar refractivity (Wildman–Crippen MR) is 125 cm³/mol. The third-order valence-electron chi connectivity index (χ3n) is 5.08. The number of benzene rings is 1. The average Bonchev–Trinajstić information content (AvgIpc) is 2.78. The molecule has 0 bridgehead atoms. The van der Waals surface area contributed by atoms with Crippen molar-refractivity contribution >= 4 is 0 Å². The number of ether oxygens (including phenoxy) is 2. The van der Waals surface area contributed by atoms with Gasteiger partial charge in [-0.3, -0.25) is 4.79 Å². The second kappa shape index (κ2) is 12.0. The van der Waals surface area contributed by atoms with Crippen LogP contribution in [0, 0.1) is 6.92 Å². The Hall–Kier alpha value is -3.19. The molecule has 0 N–H and O–H groups in total. The van der Waals surface area contributed by atoms with Crippen LogP contribution >= 0.6 is 0 Å². The van der Waals surface area contributed by atoms with Crippen molar-refractivity contribution in [3.63, 3.8) is 0 Å². The molecule has 1 aromatic carbocycles. The third kappa shape index (κ3) is 7.50. The number of aryl methyl sites for hydroxylation is 1. The fourth-order valence-electron chi connectivity index (χ4n) is 3.31. The van der Waals surface area contributed by atoms with E-state index in [9.17, 15) is 4.79 Å². The summed E-state index contributed by atoms with van der Waals surface area (Å²) in [6, 6.07) is 13.1. The van der Waals surface area contributed by atoms with Crippen molar-refractivity contribution in [1.82, 2.24) is 19.4 Å². The molecule has 32 heavy (non-hydrogen) atoms. The zero-order valence-corrected chi connectivity index (χ0v) is 19.2. The van der Waals surface area contributed by atoms with Crippen LogP contribution in [-0.2, 0) is 13.2 Å². The first-order chi connectivity index (χ1) is 15.5. The molecule has 0 fully saturated rings. The lowest BCUT2D eigenvalue weighted by atomic mass is 10.2. The number of rotatable bonds is 12. The fourth-order valence-corrected chi connectivity index (χ4v) is 3.31. The van der Waals surface area contributed by atoms with Gasteiger partial charge in [-0.1, -0.05) is 12.1 Å². The van der Waals surface area contributed by atoms with Gasteiger partial charge in [0.2, 0.25) is 0 Å². The first-order valence-corrected chi connectivity index (χ1v) is 11.0. The van der Waals surface area contributed by atoms with E-state index in [1.807, 2.05) is 37.3 Å². The fraction of sp³-hybridized carbons (Fsp3) is 0.400. The highest BCUT2D eigenvalue weighted by atomic mass is 16.5. The third-order valence-corrected chi connectivity index (χ3v) is 5.08. The number of unbranched alkanes of at least 4 members (excludes halogenated alkanes) is 2. The van der Waals surface area contributed by atoms with E-state index in [0.717, 1.165) is 43.0 Å². The number of hydrogen-bond donors (Lipinski definition) is 0. The number of nitrogens with zero attached hydrogens (tertiary/aromatic N) is 4. The SMILES string of the molecule is Cc1cc(OCc2ncccn2)cc(=O)n1Cc1ccc(OCCCCCN(C)C)cc1. The quantitative estimate of drug-likeness (QED) is 0.404. The molecule has 170 valence electrons. The van der Waals surface area contributed by atoms with Crippen LogP contribution in [0.15, 0.2) is 59.7 Å². The van der Waals surface area contributed by atoms with Crippen molar-refractivity contribution in [2.24, 2.45) is 0 Å². The van der Waals surface area contributed by atoms with E-state index in [1.165, 1.54) is 12.5 Å². The van der Waals surface area contributed by atoms with Gasteiger partial charge in [0, 0.05) is 24.2 Å². The molecule has 0 unspecified atom stereocenters. The summed E-state index contributed by atoms with van der Waals surface area (Å²) >= 11 is 0. The van der Waals surface area contributed by atoms with Crippen LogP contribution in [0.3, 0.4) is 0 Å². The molecule has 2 heterocycles. The number of aromatic nitrogens is 3. The molecule has 0 radical (unpaired) electrons. The smallest absolute Gasteiger partial charge is 0.254 e. The minimum absolute atomic E-state index is 0.105. The summed E-state index contributed by atoms with van der Waals surface area (Å²) < 4.78 is 13.3. The Kier molecular flexibility index (Phi) is 8.80. The molecular formula is C25H32N4O3. The maximum atomic E-state index is 12.6. The van der Waals surface area contributed by atoms with Crippen LogP contribution < -0.4 is 15.0 Å². The van der Waals surface area contributed by atoms with Gasteiger partial charge in [-0.15, -0.1) is 0 Å². The second-order valence-electron chi connectivity index (χ2n) is 8.07. The van der Waals surface area contributed by atoms with Crippen molar-refractivity contribution in [2.45, 2.75) is 39.3 Å². The van der Waals surface area contributed by atoms with Crippen LogP contribution in [0.2, 0.25) is 0 Å². The molecule has 0 atom stereocenters. The van der Waals surface area contributed by atoms with Gasteiger partial charge in [-0.25, -0.2) is 9.97 Å². The zero-order valence-electron chi connectivity index (χ0n) is 19.2. The molecule has 0 spiro atoms. The van der Waals surface area contributed by atoms with Gasteiger partial charge in [0.1, 0.15) is 18.1 Å². The molecule has 3 rings (SSSR count). The van der Waals surface area contributed by atoms with Crippen LogP contribution in [0.1, 0.15) is 36.3 Å². The van der Waals surface area contributed by atoms with Gasteiger partial charge in [-0.2, -0.15) is 0 Å². The van der Waals surface area contributed by atoms with E-state index >= 15 is 0 Å². The summed E-state index contributed by atoms with van der Waals surface area (Å²) in [4.78, 5) is 23.1. The number of hydrogen-bond acceptors (Lipinski definition) is 6. The van der Waals surface area contributed by atoms with Gasteiger partial charge < -0.3 is 18.9 Å². The molecule has 7 nitrogen and oxygen atoms in total.